The summed E-state index contributed by atoms with van der Waals surface area (Å²) < 4.78 is 115. The van der Waals surface area contributed by atoms with Crippen LogP contribution in [0.4, 0.5) is 13.2 Å². The van der Waals surface area contributed by atoms with E-state index in [1.54, 1.807) is 0 Å². The van der Waals surface area contributed by atoms with Gasteiger partial charge in [-0.2, -0.15) is 21.6 Å². The van der Waals surface area contributed by atoms with Gasteiger partial charge in [-0.15, -0.1) is 0 Å². The maximum absolute atomic E-state index is 13.6. The molecule has 0 saturated carbocycles. The third-order valence-corrected chi connectivity index (χ3v) is 7.82. The fourth-order valence-corrected chi connectivity index (χ4v) is 5.55. The molecule has 16 heteroatoms. The fourth-order valence-electron chi connectivity index (χ4n) is 3.41. The van der Waals surface area contributed by atoms with Crippen LogP contribution >= 0.6 is 0 Å². The van der Waals surface area contributed by atoms with E-state index < -0.39 is 60.1 Å². The van der Waals surface area contributed by atoms with E-state index in [0.717, 1.165) is 25.3 Å². The molecule has 4 rings (SSSR count). The number of nitrogens with zero attached hydrogens (tertiary/aromatic N) is 1. The van der Waals surface area contributed by atoms with Crippen LogP contribution in [0.2, 0.25) is 0 Å². The topological polar surface area (TPSA) is 135 Å². The quantitative estimate of drug-likeness (QED) is 0.299. The zero-order valence-corrected chi connectivity index (χ0v) is 20.0. The van der Waals surface area contributed by atoms with Gasteiger partial charge < -0.3 is 23.1 Å². The lowest BCUT2D eigenvalue weighted by molar-refractivity contribution is -0.137. The average molecular weight is 551 g/mol. The summed E-state index contributed by atoms with van der Waals surface area (Å²) in [5.74, 6) is -2.05. The van der Waals surface area contributed by atoms with Crippen LogP contribution in [0.1, 0.15) is 11.1 Å². The van der Waals surface area contributed by atoms with Crippen molar-refractivity contribution in [1.29, 1.82) is 0 Å². The second-order valence-corrected chi connectivity index (χ2v) is 10.6. The Morgan fingerprint density at radius 3 is 2.42 bits per heavy atom. The first kappa shape index (κ1) is 25.4. The molecule has 0 atom stereocenters. The van der Waals surface area contributed by atoms with Crippen LogP contribution in [-0.2, 0) is 40.4 Å². The van der Waals surface area contributed by atoms with E-state index in [1.165, 1.54) is 25.3 Å². The second-order valence-electron chi connectivity index (χ2n) is 7.21. The summed E-state index contributed by atoms with van der Waals surface area (Å²) in [7, 11) is -8.97. The van der Waals surface area contributed by atoms with Gasteiger partial charge in [-0.1, -0.05) is 6.07 Å². The van der Waals surface area contributed by atoms with Crippen LogP contribution in [-0.4, -0.2) is 53.6 Å². The summed E-state index contributed by atoms with van der Waals surface area (Å²) in [6.07, 6.45) is 0. The third-order valence-electron chi connectivity index (χ3n) is 5.08. The number of benzene rings is 2. The molecule has 0 bridgehead atoms. The SMILES string of the molecule is COC(=O)C1=C(OS(=O)(=O)C(F)(F)F)c2ccc(OC)cc2S(=O)(=O)N1Cc1ccc2c(c1)OCO2. The van der Waals surface area contributed by atoms with Crippen molar-refractivity contribution in [1.82, 2.24) is 4.31 Å². The van der Waals surface area contributed by atoms with Gasteiger partial charge in [-0.3, -0.25) is 4.31 Å². The molecular weight excluding hydrogens is 535 g/mol. The monoisotopic (exact) mass is 551 g/mol. The van der Waals surface area contributed by atoms with E-state index >= 15 is 0 Å². The van der Waals surface area contributed by atoms with Gasteiger partial charge in [0.1, 0.15) is 10.6 Å². The maximum Gasteiger partial charge on any atom is 0.534 e. The summed E-state index contributed by atoms with van der Waals surface area (Å²) in [5.41, 5.74) is -7.37. The summed E-state index contributed by atoms with van der Waals surface area (Å²) in [5, 5.41) is 0. The Balaban J connectivity index is 1.97. The minimum atomic E-state index is -6.33. The zero-order valence-electron chi connectivity index (χ0n) is 18.4. The summed E-state index contributed by atoms with van der Waals surface area (Å²) in [6.45, 7) is -0.729. The van der Waals surface area contributed by atoms with Crippen molar-refractivity contribution in [3.63, 3.8) is 0 Å². The highest BCUT2D eigenvalue weighted by molar-refractivity contribution is 7.89. The number of sulfonamides is 1. The van der Waals surface area contributed by atoms with Crippen molar-refractivity contribution < 1.29 is 57.9 Å². The number of esters is 1. The number of ether oxygens (including phenoxy) is 4. The molecule has 2 heterocycles. The van der Waals surface area contributed by atoms with E-state index in [4.69, 9.17) is 14.2 Å². The van der Waals surface area contributed by atoms with Gasteiger partial charge in [0.2, 0.25) is 6.79 Å². The number of carbonyl (C=O) groups excluding carboxylic acids is 1. The standard InChI is InChI=1S/C20H16F3NO10S2/c1-30-12-4-5-13-16(8-12)35(26,27)24(9-11-3-6-14-15(7-11)33-10-32-14)17(19(25)31-2)18(13)34-36(28,29)20(21,22)23/h3-8H,9-10H2,1-2H3. The number of methoxy groups -OCH3 is 2. The van der Waals surface area contributed by atoms with Crippen LogP contribution in [0.25, 0.3) is 5.76 Å². The van der Waals surface area contributed by atoms with Crippen LogP contribution in [0.15, 0.2) is 47.0 Å². The Hall–Kier alpha value is -3.66. The van der Waals surface area contributed by atoms with Gasteiger partial charge >= 0.3 is 21.6 Å². The number of hydrogen-bond donors (Lipinski definition) is 0. The minimum Gasteiger partial charge on any atom is -0.497 e. The van der Waals surface area contributed by atoms with E-state index in [2.05, 4.69) is 8.92 Å². The lowest BCUT2D eigenvalue weighted by Crippen LogP contribution is -2.39. The van der Waals surface area contributed by atoms with Crippen LogP contribution in [0.5, 0.6) is 17.2 Å². The maximum atomic E-state index is 13.6. The fraction of sp³-hybridized carbons (Fsp3) is 0.250. The van der Waals surface area contributed by atoms with Gasteiger partial charge in [0.15, 0.2) is 23.0 Å². The molecule has 0 unspecified atom stereocenters. The number of fused-ring (bicyclic) bond motifs is 2. The lowest BCUT2D eigenvalue weighted by atomic mass is 10.1. The molecule has 2 aromatic rings. The molecule has 0 N–H and O–H groups in total. The molecule has 0 amide bonds. The smallest absolute Gasteiger partial charge is 0.497 e. The predicted octanol–water partition coefficient (Wildman–Crippen LogP) is 2.34. The first-order valence-corrected chi connectivity index (χ1v) is 12.6. The highest BCUT2D eigenvalue weighted by atomic mass is 32.2. The summed E-state index contributed by atoms with van der Waals surface area (Å²) >= 11 is 0. The largest absolute Gasteiger partial charge is 0.534 e. The third kappa shape index (κ3) is 4.26. The van der Waals surface area contributed by atoms with Crippen molar-refractivity contribution in [2.75, 3.05) is 21.0 Å². The number of hydrogen-bond acceptors (Lipinski definition) is 10. The molecule has 0 spiro atoms. The molecule has 0 fully saturated rings. The normalized spacial score (nSPS) is 16.4. The molecule has 194 valence electrons. The first-order chi connectivity index (χ1) is 16.8. The molecule has 0 aromatic heterocycles. The number of rotatable bonds is 6. The Morgan fingerprint density at radius 2 is 1.78 bits per heavy atom. The summed E-state index contributed by atoms with van der Waals surface area (Å²) in [6, 6.07) is 7.33. The van der Waals surface area contributed by atoms with E-state index in [0.29, 0.717) is 10.1 Å². The number of alkyl halides is 3. The molecule has 2 aliphatic rings. The molecule has 0 saturated heterocycles. The second kappa shape index (κ2) is 8.77. The zero-order chi connectivity index (χ0) is 26.5. The Morgan fingerprint density at radius 1 is 1.08 bits per heavy atom. The Labute approximate surface area is 202 Å². The van der Waals surface area contributed by atoms with Gasteiger partial charge in [-0.05, 0) is 29.8 Å². The number of carbonyl (C=O) groups is 1. The van der Waals surface area contributed by atoms with Gasteiger partial charge in [-0.25, -0.2) is 13.2 Å². The minimum absolute atomic E-state index is 0.0140. The molecule has 0 radical (unpaired) electrons. The van der Waals surface area contributed by atoms with E-state index in [1.807, 2.05) is 0 Å². The molecule has 36 heavy (non-hydrogen) atoms. The Kier molecular flexibility index (Phi) is 6.20. The van der Waals surface area contributed by atoms with Gasteiger partial charge in [0.25, 0.3) is 10.0 Å². The molecule has 0 aliphatic carbocycles. The number of halogens is 3. The highest BCUT2D eigenvalue weighted by Crippen LogP contribution is 2.43. The van der Waals surface area contributed by atoms with E-state index in [9.17, 15) is 34.8 Å². The van der Waals surface area contributed by atoms with Gasteiger partial charge in [0.05, 0.1) is 20.8 Å². The molecule has 2 aliphatic heterocycles. The lowest BCUT2D eigenvalue weighted by Gasteiger charge is -2.32. The Bertz CT molecular complexity index is 1480. The molecule has 2 aromatic carbocycles. The van der Waals surface area contributed by atoms with Crippen molar-refractivity contribution in [3.05, 3.63) is 53.2 Å². The predicted molar refractivity (Wildman–Crippen MR) is 113 cm³/mol. The summed E-state index contributed by atoms with van der Waals surface area (Å²) in [4.78, 5) is 12.0. The highest BCUT2D eigenvalue weighted by Gasteiger charge is 2.51. The average Bonchev–Trinajstić information content (AvgIpc) is 3.28. The van der Waals surface area contributed by atoms with Crippen LogP contribution < -0.4 is 14.2 Å². The van der Waals surface area contributed by atoms with E-state index in [-0.39, 0.29) is 23.9 Å². The van der Waals surface area contributed by atoms with Crippen molar-refractivity contribution >= 4 is 31.9 Å². The van der Waals surface area contributed by atoms with Crippen molar-refractivity contribution in [2.24, 2.45) is 0 Å². The molecular formula is C20H16F3NO10S2. The first-order valence-electron chi connectivity index (χ1n) is 9.73. The van der Waals surface area contributed by atoms with Crippen LogP contribution in [0.3, 0.4) is 0 Å². The van der Waals surface area contributed by atoms with Crippen molar-refractivity contribution in [2.45, 2.75) is 16.9 Å². The van der Waals surface area contributed by atoms with Crippen molar-refractivity contribution in [3.8, 4) is 17.2 Å². The molecule has 11 nitrogen and oxygen atoms in total. The van der Waals surface area contributed by atoms with Gasteiger partial charge in [0, 0.05) is 11.6 Å². The van der Waals surface area contributed by atoms with Crippen LogP contribution in [0, 0.1) is 0 Å².